The van der Waals surface area contributed by atoms with Crippen molar-refractivity contribution in [1.82, 2.24) is 54.7 Å². The number of phenolic OH excluding ortho intramolecular Hbond substituents is 1. The van der Waals surface area contributed by atoms with Gasteiger partial charge in [0, 0.05) is 65.3 Å². The largest absolute Gasteiger partial charge is 0.508 e. The second kappa shape index (κ2) is 28.6. The lowest BCUT2D eigenvalue weighted by Gasteiger charge is -2.38. The summed E-state index contributed by atoms with van der Waals surface area (Å²) in [6.45, 7) is 10.3. The van der Waals surface area contributed by atoms with Crippen LogP contribution in [0.2, 0.25) is 0 Å². The molecule has 9 N–H and O–H groups in total. The average molecular weight is 1020 g/mol. The van der Waals surface area contributed by atoms with Crippen molar-refractivity contribution in [2.75, 3.05) is 120 Å². The van der Waals surface area contributed by atoms with Crippen LogP contribution in [0.25, 0.3) is 0 Å². The van der Waals surface area contributed by atoms with E-state index in [4.69, 9.17) is 52.8 Å². The lowest BCUT2D eigenvalue weighted by Crippen LogP contribution is -2.52. The number of aromatic hydroxyl groups is 1. The number of hydrogen-bond acceptors (Lipinski definition) is 20. The first-order chi connectivity index (χ1) is 35.4. The van der Waals surface area contributed by atoms with Crippen LogP contribution < -0.4 is 32.3 Å². The first-order valence-corrected chi connectivity index (χ1v) is 25.2. The fourth-order valence-electron chi connectivity index (χ4n) is 8.42. The molecule has 25 nitrogen and oxygen atoms in total. The minimum absolute atomic E-state index is 0.00262. The maximum Gasteiger partial charge on any atom is 0.303 e. The number of amides is 2. The second-order valence-electron chi connectivity index (χ2n) is 18.2. The van der Waals surface area contributed by atoms with Crippen LogP contribution in [0.15, 0.2) is 36.7 Å². The number of ether oxygens (including phenoxy) is 3. The summed E-state index contributed by atoms with van der Waals surface area (Å²) in [4.78, 5) is 62.3. The van der Waals surface area contributed by atoms with E-state index in [0.717, 1.165) is 24.8 Å². The molecule has 2 unspecified atom stereocenters. The summed E-state index contributed by atoms with van der Waals surface area (Å²) < 4.78 is 19.6. The van der Waals surface area contributed by atoms with Crippen LogP contribution >= 0.6 is 0 Å². The number of piperazine rings is 2. The molecule has 2 saturated heterocycles. The number of unbranched alkanes of at least 4 members (excludes halogenated alkanes) is 1. The van der Waals surface area contributed by atoms with Crippen LogP contribution in [0.4, 0.5) is 17.8 Å². The molecular weight excluding hydrogens is 943 g/mol. The van der Waals surface area contributed by atoms with Gasteiger partial charge in [-0.25, -0.2) is 9.36 Å². The quantitative estimate of drug-likeness (QED) is 0.0312. The summed E-state index contributed by atoms with van der Waals surface area (Å²) >= 11 is 0. The number of carbonyl (C=O) groups is 3. The number of anilines is 3. The highest BCUT2D eigenvalue weighted by atomic mass is 16.5. The maximum atomic E-state index is 14.3. The lowest BCUT2D eigenvalue weighted by molar-refractivity contribution is -0.139. The number of terminal acetylenes is 1. The van der Waals surface area contributed by atoms with Gasteiger partial charge in [-0.3, -0.25) is 14.4 Å². The molecule has 1 aromatic carbocycles. The molecule has 0 bridgehead atoms. The predicted octanol–water partition coefficient (Wildman–Crippen LogP) is 0.917. The van der Waals surface area contributed by atoms with E-state index >= 15 is 0 Å². The average Bonchev–Trinajstić information content (AvgIpc) is 4.11. The van der Waals surface area contributed by atoms with E-state index in [0.29, 0.717) is 141 Å². The van der Waals surface area contributed by atoms with E-state index in [1.807, 2.05) is 14.7 Å². The summed E-state index contributed by atoms with van der Waals surface area (Å²) in [6, 6.07) is 4.34. The van der Waals surface area contributed by atoms with Gasteiger partial charge in [-0.05, 0) is 62.3 Å². The zero-order valence-electron chi connectivity index (χ0n) is 42.1. The monoisotopic (exact) mass is 1020 g/mol. The predicted molar refractivity (Wildman–Crippen MR) is 270 cm³/mol. The van der Waals surface area contributed by atoms with Crippen LogP contribution in [0.3, 0.4) is 0 Å². The first-order valence-electron chi connectivity index (χ1n) is 25.2. The molecule has 2 aliphatic rings. The van der Waals surface area contributed by atoms with E-state index in [9.17, 15) is 24.6 Å². The molecule has 2 amide bonds. The number of nitrogens with two attached hydrogens (primary N) is 3. The van der Waals surface area contributed by atoms with Crippen LogP contribution in [-0.4, -0.2) is 188 Å². The maximum absolute atomic E-state index is 14.3. The third-order valence-corrected chi connectivity index (χ3v) is 13.0. The minimum atomic E-state index is -1.04. The van der Waals surface area contributed by atoms with E-state index in [1.165, 1.54) is 4.68 Å². The van der Waals surface area contributed by atoms with Crippen LogP contribution in [0.1, 0.15) is 93.5 Å². The van der Waals surface area contributed by atoms with E-state index < -0.39 is 24.1 Å². The molecular formula is C48H73N17O8. The Kier molecular flexibility index (Phi) is 21.9. The Morgan fingerprint density at radius 2 is 1.32 bits per heavy atom. The number of benzene rings is 1. The van der Waals surface area contributed by atoms with E-state index in [2.05, 4.69) is 45.7 Å². The number of nitrogens with one attached hydrogen (secondary N) is 1. The fourth-order valence-corrected chi connectivity index (χ4v) is 8.42. The number of carboxylic acids is 1. The Morgan fingerprint density at radius 1 is 0.767 bits per heavy atom. The van der Waals surface area contributed by atoms with Crippen molar-refractivity contribution in [3.63, 3.8) is 0 Å². The van der Waals surface area contributed by atoms with Crippen molar-refractivity contribution in [3.8, 4) is 18.1 Å². The molecule has 5 atom stereocenters. The Morgan fingerprint density at radius 3 is 1.88 bits per heavy atom. The van der Waals surface area contributed by atoms with Gasteiger partial charge in [0.05, 0.1) is 68.9 Å². The minimum Gasteiger partial charge on any atom is -0.508 e. The molecule has 6 rings (SSSR count). The highest BCUT2D eigenvalue weighted by Gasteiger charge is 2.34. The number of carbonyl (C=O) groups excluding carboxylic acids is 2. The summed E-state index contributed by atoms with van der Waals surface area (Å²) in [5, 5.41) is 39.8. The Hall–Kier alpha value is -6.56. The van der Waals surface area contributed by atoms with Gasteiger partial charge in [-0.15, -0.1) is 16.6 Å². The van der Waals surface area contributed by atoms with Crippen molar-refractivity contribution in [1.29, 1.82) is 0 Å². The Bertz CT molecular complexity index is 2360. The van der Waals surface area contributed by atoms with Gasteiger partial charge >= 0.3 is 5.97 Å². The number of aromatic nitrogens is 9. The molecule has 4 aromatic rings. The van der Waals surface area contributed by atoms with E-state index in [-0.39, 0.29) is 49.0 Å². The van der Waals surface area contributed by atoms with Gasteiger partial charge in [0.25, 0.3) is 0 Å². The summed E-state index contributed by atoms with van der Waals surface area (Å²) in [5.74, 6) is 2.53. The molecule has 0 saturated carbocycles. The van der Waals surface area contributed by atoms with Crippen molar-refractivity contribution < 1.29 is 38.8 Å². The SMILES string of the molecule is C#CCOCCOCCOCCNc1nc(N2CCN(C(=O)[C@H](CCC(=O)O)n3cc(C(N)Cc4ccc(O)cc4)nn3)CC2)nc(N2CCN(C(=O)[C@H](CCCCN)n3cc(C(N)[C@H](C)CC)nn3)CC2)n1. The van der Waals surface area contributed by atoms with Gasteiger partial charge in [0.15, 0.2) is 0 Å². The lowest BCUT2D eigenvalue weighted by atomic mass is 9.98. The fraction of sp³-hybridized carbons (Fsp3) is 0.625. The molecule has 5 heterocycles. The van der Waals surface area contributed by atoms with Gasteiger partial charge in [-0.2, -0.15) is 15.0 Å². The van der Waals surface area contributed by atoms with Gasteiger partial charge in [-0.1, -0.05) is 48.7 Å². The zero-order valence-corrected chi connectivity index (χ0v) is 42.1. The standard InChI is InChI=1S/C48H73N17O8/c1-4-25-71-27-29-73-30-28-72-26-16-52-46-53-47(62-21-17-60(18-22-62)44(69)40(8-6-7-15-49)65-33-39(57-59-65)43(51)34(3)5-2)55-48(54-46)63-23-19-61(20-24-63)45(70)41(13-14-42(67)68)64-32-38(56-58-64)37(50)31-35-9-11-36(66)12-10-35/h1,9-12,32-34,37,40-41,43,66H,5-8,13-31,49-51H2,2-3H3,(H,67,68)(H,52,53,54,55)/t34-,37?,40+,41+,43?/m1/s1. The normalized spacial score (nSPS) is 16.2. The first kappa shape index (κ1) is 55.7. The highest BCUT2D eigenvalue weighted by molar-refractivity contribution is 5.81. The van der Waals surface area contributed by atoms with Gasteiger partial charge < -0.3 is 66.5 Å². The molecule has 2 aliphatic heterocycles. The molecule has 3 aromatic heterocycles. The molecule has 25 heteroatoms. The zero-order chi connectivity index (χ0) is 52.1. The van der Waals surface area contributed by atoms with Crippen LogP contribution in [-0.2, 0) is 35.0 Å². The number of aliphatic carboxylic acids is 1. The highest BCUT2D eigenvalue weighted by Crippen LogP contribution is 2.27. The third kappa shape index (κ3) is 16.5. The second-order valence-corrected chi connectivity index (χ2v) is 18.2. The number of nitrogens with zero attached hydrogens (tertiary/aromatic N) is 13. The van der Waals surface area contributed by atoms with Gasteiger partial charge in [0.2, 0.25) is 29.7 Å². The molecule has 398 valence electrons. The van der Waals surface area contributed by atoms with Crippen LogP contribution in [0.5, 0.6) is 5.75 Å². The summed E-state index contributed by atoms with van der Waals surface area (Å²) in [6.07, 6.45) is 11.7. The van der Waals surface area contributed by atoms with Crippen molar-refractivity contribution in [3.05, 3.63) is 53.6 Å². The Labute approximate surface area is 426 Å². The molecule has 0 spiro atoms. The number of hydrogen-bond donors (Lipinski definition) is 6. The number of carboxylic acid groups (broad SMARTS) is 1. The molecule has 0 aliphatic carbocycles. The van der Waals surface area contributed by atoms with E-state index in [1.54, 1.807) is 46.2 Å². The Balaban J connectivity index is 1.12. The number of phenols is 1. The van der Waals surface area contributed by atoms with Crippen molar-refractivity contribution >= 4 is 35.6 Å². The van der Waals surface area contributed by atoms with Crippen molar-refractivity contribution in [2.24, 2.45) is 23.1 Å². The third-order valence-electron chi connectivity index (χ3n) is 13.0. The van der Waals surface area contributed by atoms with Crippen molar-refractivity contribution in [2.45, 2.75) is 83.0 Å². The molecule has 2 fully saturated rings. The smallest absolute Gasteiger partial charge is 0.303 e. The van der Waals surface area contributed by atoms with Crippen LogP contribution in [0, 0.1) is 18.3 Å². The number of rotatable bonds is 30. The summed E-state index contributed by atoms with van der Waals surface area (Å²) in [5.41, 5.74) is 20.8. The molecule has 73 heavy (non-hydrogen) atoms. The van der Waals surface area contributed by atoms with Gasteiger partial charge in [0.1, 0.15) is 24.4 Å². The summed E-state index contributed by atoms with van der Waals surface area (Å²) in [7, 11) is 0. The molecule has 0 radical (unpaired) electrons. The topological polar surface area (TPSA) is 322 Å².